The van der Waals surface area contributed by atoms with Gasteiger partial charge in [-0.05, 0) is 41.6 Å². The predicted octanol–water partition coefficient (Wildman–Crippen LogP) is 3.40. The van der Waals surface area contributed by atoms with E-state index in [0.29, 0.717) is 6.04 Å². The van der Waals surface area contributed by atoms with Crippen LogP contribution in [-0.2, 0) is 0 Å². The molecule has 0 aliphatic carbocycles. The van der Waals surface area contributed by atoms with Crippen molar-refractivity contribution < 1.29 is 0 Å². The molecule has 0 radical (unpaired) electrons. The summed E-state index contributed by atoms with van der Waals surface area (Å²) in [6.07, 6.45) is 10.0. The third-order valence-electron chi connectivity index (χ3n) is 3.11. The standard InChI is InChI=1S/C12H18BrN3/c1-2-5-11-6-3-4-7-16(11)12-14-8-10(13)9-15-12/h8-9,11H,2-7H2,1H3. The Kier molecular flexibility index (Phi) is 4.16. The van der Waals surface area contributed by atoms with Gasteiger partial charge in [0, 0.05) is 25.0 Å². The lowest BCUT2D eigenvalue weighted by molar-refractivity contribution is 0.428. The van der Waals surface area contributed by atoms with E-state index in [-0.39, 0.29) is 0 Å². The van der Waals surface area contributed by atoms with Gasteiger partial charge in [0.25, 0.3) is 0 Å². The number of halogens is 1. The molecular formula is C12H18BrN3. The van der Waals surface area contributed by atoms with E-state index >= 15 is 0 Å². The van der Waals surface area contributed by atoms with Gasteiger partial charge in [-0.1, -0.05) is 13.3 Å². The Morgan fingerprint density at radius 1 is 1.38 bits per heavy atom. The first-order valence-corrected chi connectivity index (χ1v) is 6.84. The first-order chi connectivity index (χ1) is 7.81. The average Bonchev–Trinajstić information content (AvgIpc) is 2.32. The van der Waals surface area contributed by atoms with Gasteiger partial charge in [-0.25, -0.2) is 9.97 Å². The molecule has 0 N–H and O–H groups in total. The van der Waals surface area contributed by atoms with Crippen LogP contribution in [0.2, 0.25) is 0 Å². The van der Waals surface area contributed by atoms with Crippen LogP contribution in [0.3, 0.4) is 0 Å². The number of aromatic nitrogens is 2. The molecule has 0 spiro atoms. The van der Waals surface area contributed by atoms with Gasteiger partial charge in [-0.15, -0.1) is 0 Å². The summed E-state index contributed by atoms with van der Waals surface area (Å²) >= 11 is 3.37. The van der Waals surface area contributed by atoms with E-state index < -0.39 is 0 Å². The number of piperidine rings is 1. The van der Waals surface area contributed by atoms with Crippen molar-refractivity contribution >= 4 is 21.9 Å². The highest BCUT2D eigenvalue weighted by atomic mass is 79.9. The van der Waals surface area contributed by atoms with Crippen LogP contribution in [0.1, 0.15) is 39.0 Å². The molecule has 0 amide bonds. The molecule has 0 aromatic carbocycles. The summed E-state index contributed by atoms with van der Waals surface area (Å²) in [5.74, 6) is 0.890. The summed E-state index contributed by atoms with van der Waals surface area (Å²) in [6, 6.07) is 0.639. The van der Waals surface area contributed by atoms with Gasteiger partial charge < -0.3 is 4.90 Å². The number of anilines is 1. The monoisotopic (exact) mass is 283 g/mol. The van der Waals surface area contributed by atoms with Gasteiger partial charge >= 0.3 is 0 Å². The lowest BCUT2D eigenvalue weighted by Crippen LogP contribution is -2.40. The molecule has 2 heterocycles. The molecule has 1 aromatic heterocycles. The molecule has 4 heteroatoms. The number of hydrogen-bond donors (Lipinski definition) is 0. The van der Waals surface area contributed by atoms with Gasteiger partial charge in [0.15, 0.2) is 0 Å². The molecule has 1 fully saturated rings. The SMILES string of the molecule is CCCC1CCCCN1c1ncc(Br)cn1. The fourth-order valence-electron chi connectivity index (χ4n) is 2.35. The van der Waals surface area contributed by atoms with Crippen molar-refractivity contribution in [1.82, 2.24) is 9.97 Å². The maximum atomic E-state index is 4.40. The van der Waals surface area contributed by atoms with Gasteiger partial charge in [-0.2, -0.15) is 0 Å². The second kappa shape index (κ2) is 5.62. The number of hydrogen-bond acceptors (Lipinski definition) is 3. The molecular weight excluding hydrogens is 266 g/mol. The molecule has 1 saturated heterocycles. The van der Waals surface area contributed by atoms with Crippen LogP contribution in [-0.4, -0.2) is 22.6 Å². The minimum Gasteiger partial charge on any atom is -0.338 e. The van der Waals surface area contributed by atoms with E-state index in [1.54, 1.807) is 0 Å². The van der Waals surface area contributed by atoms with Crippen molar-refractivity contribution in [3.05, 3.63) is 16.9 Å². The zero-order chi connectivity index (χ0) is 11.4. The molecule has 3 nitrogen and oxygen atoms in total. The summed E-state index contributed by atoms with van der Waals surface area (Å²) in [7, 11) is 0. The van der Waals surface area contributed by atoms with Crippen LogP contribution in [0.15, 0.2) is 16.9 Å². The fourth-order valence-corrected chi connectivity index (χ4v) is 2.56. The Bertz CT molecular complexity index is 324. The van der Waals surface area contributed by atoms with Crippen molar-refractivity contribution in [2.24, 2.45) is 0 Å². The van der Waals surface area contributed by atoms with Crippen molar-refractivity contribution in [3.8, 4) is 0 Å². The topological polar surface area (TPSA) is 29.0 Å². The molecule has 1 aliphatic rings. The highest BCUT2D eigenvalue weighted by Gasteiger charge is 2.23. The first-order valence-electron chi connectivity index (χ1n) is 6.05. The molecule has 88 valence electrons. The minimum absolute atomic E-state index is 0.639. The Morgan fingerprint density at radius 2 is 2.12 bits per heavy atom. The third-order valence-corrected chi connectivity index (χ3v) is 3.52. The molecule has 1 aliphatic heterocycles. The zero-order valence-corrected chi connectivity index (χ0v) is 11.3. The minimum atomic E-state index is 0.639. The Hall–Kier alpha value is -0.640. The van der Waals surface area contributed by atoms with Crippen molar-refractivity contribution in [1.29, 1.82) is 0 Å². The fraction of sp³-hybridized carbons (Fsp3) is 0.667. The smallest absolute Gasteiger partial charge is 0.225 e. The zero-order valence-electron chi connectivity index (χ0n) is 9.69. The summed E-state index contributed by atoms with van der Waals surface area (Å²) < 4.78 is 0.945. The quantitative estimate of drug-likeness (QED) is 0.851. The third kappa shape index (κ3) is 2.73. The Labute approximate surface area is 105 Å². The van der Waals surface area contributed by atoms with E-state index in [2.05, 4.69) is 37.7 Å². The van der Waals surface area contributed by atoms with E-state index in [4.69, 9.17) is 0 Å². The van der Waals surface area contributed by atoms with Crippen LogP contribution >= 0.6 is 15.9 Å². The molecule has 2 rings (SSSR count). The van der Waals surface area contributed by atoms with Crippen LogP contribution < -0.4 is 4.90 Å². The predicted molar refractivity (Wildman–Crippen MR) is 69.6 cm³/mol. The highest BCUT2D eigenvalue weighted by molar-refractivity contribution is 9.10. The normalized spacial score (nSPS) is 21.1. The average molecular weight is 284 g/mol. The molecule has 0 bridgehead atoms. The summed E-state index contributed by atoms with van der Waals surface area (Å²) in [4.78, 5) is 11.2. The van der Waals surface area contributed by atoms with E-state index in [1.165, 1.54) is 32.1 Å². The molecule has 1 aromatic rings. The van der Waals surface area contributed by atoms with Crippen LogP contribution in [0.25, 0.3) is 0 Å². The number of rotatable bonds is 3. The summed E-state index contributed by atoms with van der Waals surface area (Å²) in [5.41, 5.74) is 0. The van der Waals surface area contributed by atoms with E-state index in [1.807, 2.05) is 12.4 Å². The van der Waals surface area contributed by atoms with Gasteiger partial charge in [-0.3, -0.25) is 0 Å². The second-order valence-electron chi connectivity index (χ2n) is 4.33. The highest BCUT2D eigenvalue weighted by Crippen LogP contribution is 2.24. The van der Waals surface area contributed by atoms with Crippen molar-refractivity contribution in [2.45, 2.75) is 45.1 Å². The number of nitrogens with zero attached hydrogens (tertiary/aromatic N) is 3. The van der Waals surface area contributed by atoms with Crippen LogP contribution in [0.5, 0.6) is 0 Å². The van der Waals surface area contributed by atoms with Gasteiger partial charge in [0.1, 0.15) is 0 Å². The second-order valence-corrected chi connectivity index (χ2v) is 5.25. The molecule has 1 atom stereocenters. The molecule has 16 heavy (non-hydrogen) atoms. The lowest BCUT2D eigenvalue weighted by atomic mass is 9.99. The van der Waals surface area contributed by atoms with Crippen LogP contribution in [0, 0.1) is 0 Å². The Balaban J connectivity index is 2.13. The van der Waals surface area contributed by atoms with Crippen molar-refractivity contribution in [3.63, 3.8) is 0 Å². The largest absolute Gasteiger partial charge is 0.338 e. The molecule has 1 unspecified atom stereocenters. The summed E-state index contributed by atoms with van der Waals surface area (Å²) in [5, 5.41) is 0. The summed E-state index contributed by atoms with van der Waals surface area (Å²) in [6.45, 7) is 3.35. The lowest BCUT2D eigenvalue weighted by Gasteiger charge is -2.35. The van der Waals surface area contributed by atoms with Gasteiger partial charge in [0.2, 0.25) is 5.95 Å². The molecule has 0 saturated carbocycles. The Morgan fingerprint density at radius 3 is 2.81 bits per heavy atom. The maximum absolute atomic E-state index is 4.40. The van der Waals surface area contributed by atoms with E-state index in [9.17, 15) is 0 Å². The maximum Gasteiger partial charge on any atom is 0.225 e. The first kappa shape index (κ1) is 11.8. The van der Waals surface area contributed by atoms with E-state index in [0.717, 1.165) is 17.0 Å². The van der Waals surface area contributed by atoms with Crippen LogP contribution in [0.4, 0.5) is 5.95 Å². The van der Waals surface area contributed by atoms with Crippen molar-refractivity contribution in [2.75, 3.05) is 11.4 Å². The van der Waals surface area contributed by atoms with Gasteiger partial charge in [0.05, 0.1) is 4.47 Å².